The first-order valence-electron chi connectivity index (χ1n) is 4.97. The minimum absolute atomic E-state index is 0. The molecule has 0 saturated carbocycles. The number of hydrogen-bond donors (Lipinski definition) is 0. The molecular weight excluding hydrogens is 247 g/mol. The second kappa shape index (κ2) is 4.57. The van der Waals surface area contributed by atoms with Gasteiger partial charge in [-0.25, -0.2) is 0 Å². The van der Waals surface area contributed by atoms with Crippen molar-refractivity contribution in [2.75, 3.05) is 0 Å². The maximum absolute atomic E-state index is 2.34. The van der Waals surface area contributed by atoms with E-state index in [9.17, 15) is 0 Å². The summed E-state index contributed by atoms with van der Waals surface area (Å²) in [5.41, 5.74) is 5.97. The van der Waals surface area contributed by atoms with E-state index in [2.05, 4.69) is 45.0 Å². The molecule has 0 atom stereocenters. The van der Waals surface area contributed by atoms with E-state index in [1.807, 2.05) is 0 Å². The molecule has 14 heavy (non-hydrogen) atoms. The third-order valence-electron chi connectivity index (χ3n) is 2.71. The number of allylic oxidation sites excluding steroid dienone is 1. The molecule has 2 rings (SSSR count). The molecule has 0 aromatic heterocycles. The van der Waals surface area contributed by atoms with E-state index < -0.39 is 0 Å². The monoisotopic (exact) mass is 262 g/mol. The molecule has 0 saturated heterocycles. The normalized spacial score (nSPS) is 13.6. The zero-order valence-corrected chi connectivity index (χ0v) is 11.6. The first-order chi connectivity index (χ1) is 6.18. The zero-order valence-electron chi connectivity index (χ0n) is 9.09. The molecule has 0 spiro atoms. The summed E-state index contributed by atoms with van der Waals surface area (Å²) in [6.07, 6.45) is 3.49. The van der Waals surface area contributed by atoms with Gasteiger partial charge in [0.05, 0.1) is 0 Å². The van der Waals surface area contributed by atoms with Gasteiger partial charge in [0, 0.05) is 26.2 Å². The van der Waals surface area contributed by atoms with Crippen LogP contribution in [0.5, 0.6) is 0 Å². The second-order valence-electron chi connectivity index (χ2n) is 4.24. The van der Waals surface area contributed by atoms with E-state index in [4.69, 9.17) is 0 Å². The number of hydrogen-bond acceptors (Lipinski definition) is 0. The van der Waals surface area contributed by atoms with Crippen molar-refractivity contribution in [1.29, 1.82) is 0 Å². The molecule has 1 aromatic rings. The first kappa shape index (κ1) is 11.9. The van der Waals surface area contributed by atoms with Crippen LogP contribution in [-0.2, 0) is 32.6 Å². The molecule has 0 aliphatic heterocycles. The van der Waals surface area contributed by atoms with Gasteiger partial charge in [-0.2, -0.15) is 0 Å². The molecule has 0 nitrogen and oxygen atoms in total. The Bertz CT molecular complexity index is 361. The average molecular weight is 263 g/mol. The number of fused-ring (bicyclic) bond motifs is 1. The van der Waals surface area contributed by atoms with Crippen molar-refractivity contribution < 1.29 is 26.2 Å². The predicted molar refractivity (Wildman–Crippen MR) is 57.9 cm³/mol. The standard InChI is InChI=1S/C13H16.Zr/c1-9(2)12-6-4-5-11-7-10(3)8-13(11)12;/h4-6,8-9H,7H2,1-3H3;. The van der Waals surface area contributed by atoms with Crippen LogP contribution in [0.1, 0.15) is 43.4 Å². The maximum Gasteiger partial charge on any atom is 0 e. The summed E-state index contributed by atoms with van der Waals surface area (Å²) in [7, 11) is 0. The fourth-order valence-corrected chi connectivity index (χ4v) is 2.06. The largest absolute Gasteiger partial charge is 0.0683 e. The Morgan fingerprint density at radius 2 is 1.93 bits per heavy atom. The molecule has 72 valence electrons. The van der Waals surface area contributed by atoms with Crippen LogP contribution >= 0.6 is 0 Å². The Kier molecular flexibility index (Phi) is 3.89. The quantitative estimate of drug-likeness (QED) is 0.723. The van der Waals surface area contributed by atoms with Gasteiger partial charge in [0.2, 0.25) is 0 Å². The van der Waals surface area contributed by atoms with Gasteiger partial charge in [0.25, 0.3) is 0 Å². The van der Waals surface area contributed by atoms with Gasteiger partial charge >= 0.3 is 0 Å². The van der Waals surface area contributed by atoms with Crippen molar-refractivity contribution in [2.24, 2.45) is 0 Å². The van der Waals surface area contributed by atoms with Gasteiger partial charge in [-0.1, -0.05) is 43.7 Å². The SMILES string of the molecule is CC1=Cc2c(cccc2C(C)C)C1.[Zr]. The van der Waals surface area contributed by atoms with Crippen LogP contribution in [0.4, 0.5) is 0 Å². The first-order valence-corrected chi connectivity index (χ1v) is 4.97. The Balaban J connectivity index is 0.000000980. The van der Waals surface area contributed by atoms with Crippen LogP contribution in [-0.4, -0.2) is 0 Å². The fourth-order valence-electron chi connectivity index (χ4n) is 2.06. The van der Waals surface area contributed by atoms with Crippen LogP contribution in [0, 0.1) is 0 Å². The topological polar surface area (TPSA) is 0 Å². The van der Waals surface area contributed by atoms with Gasteiger partial charge in [0.1, 0.15) is 0 Å². The van der Waals surface area contributed by atoms with Crippen molar-refractivity contribution >= 4 is 6.08 Å². The van der Waals surface area contributed by atoms with Crippen LogP contribution < -0.4 is 0 Å². The van der Waals surface area contributed by atoms with Gasteiger partial charge in [0.15, 0.2) is 0 Å². The summed E-state index contributed by atoms with van der Waals surface area (Å²) >= 11 is 0. The number of rotatable bonds is 1. The summed E-state index contributed by atoms with van der Waals surface area (Å²) < 4.78 is 0. The van der Waals surface area contributed by atoms with Crippen LogP contribution in [0.2, 0.25) is 0 Å². The van der Waals surface area contributed by atoms with Crippen molar-refractivity contribution in [2.45, 2.75) is 33.1 Å². The van der Waals surface area contributed by atoms with Crippen molar-refractivity contribution in [3.63, 3.8) is 0 Å². The van der Waals surface area contributed by atoms with Crippen LogP contribution in [0.15, 0.2) is 23.8 Å². The van der Waals surface area contributed by atoms with Gasteiger partial charge in [-0.15, -0.1) is 0 Å². The molecular formula is C13H16Zr. The Morgan fingerprint density at radius 1 is 1.21 bits per heavy atom. The van der Waals surface area contributed by atoms with Crippen LogP contribution in [0.25, 0.3) is 6.08 Å². The molecule has 0 unspecified atom stereocenters. The summed E-state index contributed by atoms with van der Waals surface area (Å²) in [5.74, 6) is 0.636. The Morgan fingerprint density at radius 3 is 2.57 bits per heavy atom. The molecule has 0 heterocycles. The van der Waals surface area contributed by atoms with E-state index in [0.29, 0.717) is 5.92 Å². The average Bonchev–Trinajstić information content (AvgIpc) is 2.43. The zero-order chi connectivity index (χ0) is 9.42. The smallest absolute Gasteiger partial charge is 0 e. The van der Waals surface area contributed by atoms with E-state index in [1.165, 1.54) is 22.3 Å². The molecule has 0 bridgehead atoms. The predicted octanol–water partition coefficient (Wildman–Crippen LogP) is 3.77. The molecule has 0 amide bonds. The van der Waals surface area contributed by atoms with E-state index >= 15 is 0 Å². The minimum atomic E-state index is 0. The molecule has 1 heteroatoms. The van der Waals surface area contributed by atoms with E-state index in [-0.39, 0.29) is 26.2 Å². The molecule has 1 aliphatic carbocycles. The summed E-state index contributed by atoms with van der Waals surface area (Å²) in [5, 5.41) is 0. The number of benzene rings is 1. The van der Waals surface area contributed by atoms with E-state index in [1.54, 1.807) is 0 Å². The molecule has 0 fully saturated rings. The summed E-state index contributed by atoms with van der Waals surface area (Å²) in [6, 6.07) is 6.67. The molecule has 0 N–H and O–H groups in total. The Hall–Kier alpha value is -0.157. The fraction of sp³-hybridized carbons (Fsp3) is 0.385. The van der Waals surface area contributed by atoms with Crippen molar-refractivity contribution in [3.8, 4) is 0 Å². The van der Waals surface area contributed by atoms with E-state index in [0.717, 1.165) is 6.42 Å². The summed E-state index contributed by atoms with van der Waals surface area (Å²) in [4.78, 5) is 0. The second-order valence-corrected chi connectivity index (χ2v) is 4.24. The summed E-state index contributed by atoms with van der Waals surface area (Å²) in [6.45, 7) is 6.73. The third kappa shape index (κ3) is 2.08. The molecule has 1 aromatic carbocycles. The van der Waals surface area contributed by atoms with Crippen molar-refractivity contribution in [3.05, 3.63) is 40.5 Å². The minimum Gasteiger partial charge on any atom is -0.0683 e. The van der Waals surface area contributed by atoms with Gasteiger partial charge in [-0.3, -0.25) is 0 Å². The third-order valence-corrected chi connectivity index (χ3v) is 2.71. The Labute approximate surface area is 106 Å². The van der Waals surface area contributed by atoms with Crippen LogP contribution in [0.3, 0.4) is 0 Å². The molecule has 0 radical (unpaired) electrons. The molecule has 1 aliphatic rings. The van der Waals surface area contributed by atoms with Gasteiger partial charge in [-0.05, 0) is 36.0 Å². The maximum atomic E-state index is 2.34. The van der Waals surface area contributed by atoms with Gasteiger partial charge < -0.3 is 0 Å². The van der Waals surface area contributed by atoms with Crippen molar-refractivity contribution in [1.82, 2.24) is 0 Å².